The summed E-state index contributed by atoms with van der Waals surface area (Å²) in [5, 5.41) is 9.76. The van der Waals surface area contributed by atoms with Gasteiger partial charge in [-0.2, -0.15) is 0 Å². The molecule has 0 saturated carbocycles. The molecular formula is C12H13FN2O2. The number of hydrogen-bond donors (Lipinski definition) is 3. The fraction of sp³-hybridized carbons (Fsp3) is 0.250. The van der Waals surface area contributed by atoms with Crippen LogP contribution >= 0.6 is 0 Å². The van der Waals surface area contributed by atoms with Gasteiger partial charge in [0.25, 0.3) is 0 Å². The van der Waals surface area contributed by atoms with E-state index in [1.165, 1.54) is 19.1 Å². The molecule has 0 spiro atoms. The molecule has 1 aromatic carbocycles. The first-order chi connectivity index (χ1) is 7.90. The van der Waals surface area contributed by atoms with Crippen molar-refractivity contribution in [3.05, 3.63) is 35.8 Å². The summed E-state index contributed by atoms with van der Waals surface area (Å²) in [6.07, 6.45) is 1.85. The van der Waals surface area contributed by atoms with E-state index in [1.807, 2.05) is 0 Å². The minimum Gasteiger partial charge on any atom is -0.480 e. The summed E-state index contributed by atoms with van der Waals surface area (Å²) in [5.74, 6) is -1.39. The molecule has 1 atom stereocenters. The van der Waals surface area contributed by atoms with Gasteiger partial charge in [-0.05, 0) is 30.7 Å². The van der Waals surface area contributed by atoms with Gasteiger partial charge in [0, 0.05) is 23.5 Å². The molecule has 1 aromatic heterocycles. The van der Waals surface area contributed by atoms with Gasteiger partial charge in [0.05, 0.1) is 0 Å². The summed E-state index contributed by atoms with van der Waals surface area (Å²) in [6.45, 7) is 1.46. The normalized spacial score (nSPS) is 14.8. The molecule has 0 amide bonds. The van der Waals surface area contributed by atoms with Crippen molar-refractivity contribution in [3.8, 4) is 0 Å². The van der Waals surface area contributed by atoms with Crippen LogP contribution in [0.2, 0.25) is 0 Å². The Morgan fingerprint density at radius 2 is 2.29 bits per heavy atom. The number of benzene rings is 1. The van der Waals surface area contributed by atoms with E-state index in [-0.39, 0.29) is 12.2 Å². The van der Waals surface area contributed by atoms with Crippen molar-refractivity contribution >= 4 is 16.9 Å². The Morgan fingerprint density at radius 1 is 1.59 bits per heavy atom. The van der Waals surface area contributed by atoms with Crippen molar-refractivity contribution < 1.29 is 14.3 Å². The van der Waals surface area contributed by atoms with Crippen molar-refractivity contribution in [1.29, 1.82) is 0 Å². The van der Waals surface area contributed by atoms with Gasteiger partial charge in [-0.15, -0.1) is 0 Å². The molecule has 0 aliphatic rings. The number of aliphatic carboxylic acids is 1. The number of carbonyl (C=O) groups is 1. The summed E-state index contributed by atoms with van der Waals surface area (Å²) in [4.78, 5) is 13.8. The third-order valence-corrected chi connectivity index (χ3v) is 2.78. The fourth-order valence-electron chi connectivity index (χ4n) is 1.78. The summed E-state index contributed by atoms with van der Waals surface area (Å²) >= 11 is 0. The summed E-state index contributed by atoms with van der Waals surface area (Å²) in [5.41, 5.74) is 5.77. The van der Waals surface area contributed by atoms with Crippen LogP contribution in [0.1, 0.15) is 12.5 Å². The van der Waals surface area contributed by atoms with Crippen LogP contribution in [-0.2, 0) is 11.2 Å². The van der Waals surface area contributed by atoms with Crippen LogP contribution in [0.25, 0.3) is 10.9 Å². The molecule has 0 radical (unpaired) electrons. The summed E-state index contributed by atoms with van der Waals surface area (Å²) in [7, 11) is 0. The molecule has 90 valence electrons. The zero-order chi connectivity index (χ0) is 12.6. The highest BCUT2D eigenvalue weighted by Gasteiger charge is 2.29. The maximum Gasteiger partial charge on any atom is 0.323 e. The largest absolute Gasteiger partial charge is 0.480 e. The smallest absolute Gasteiger partial charge is 0.323 e. The van der Waals surface area contributed by atoms with Gasteiger partial charge in [-0.1, -0.05) is 0 Å². The number of aromatic amines is 1. The van der Waals surface area contributed by atoms with Crippen molar-refractivity contribution in [2.45, 2.75) is 18.9 Å². The third kappa shape index (κ3) is 2.14. The van der Waals surface area contributed by atoms with E-state index in [9.17, 15) is 9.18 Å². The number of nitrogens with one attached hydrogen (secondary N) is 1. The third-order valence-electron chi connectivity index (χ3n) is 2.78. The van der Waals surface area contributed by atoms with Crippen LogP contribution in [0.4, 0.5) is 4.39 Å². The second-order valence-electron chi connectivity index (χ2n) is 4.40. The first-order valence-electron chi connectivity index (χ1n) is 5.18. The molecule has 0 aliphatic carbocycles. The van der Waals surface area contributed by atoms with E-state index < -0.39 is 11.5 Å². The van der Waals surface area contributed by atoms with Gasteiger partial charge >= 0.3 is 5.97 Å². The number of halogens is 1. The molecule has 0 fully saturated rings. The van der Waals surface area contributed by atoms with E-state index in [2.05, 4.69) is 4.98 Å². The second kappa shape index (κ2) is 3.85. The van der Waals surface area contributed by atoms with Crippen molar-refractivity contribution in [2.24, 2.45) is 5.73 Å². The number of carboxylic acids is 1. The van der Waals surface area contributed by atoms with Crippen molar-refractivity contribution in [2.75, 3.05) is 0 Å². The lowest BCUT2D eigenvalue weighted by Gasteiger charge is -2.18. The molecule has 5 heteroatoms. The van der Waals surface area contributed by atoms with Gasteiger partial charge in [-0.25, -0.2) is 4.39 Å². The number of H-pyrrole nitrogens is 1. The lowest BCUT2D eigenvalue weighted by molar-refractivity contribution is -0.142. The molecule has 0 bridgehead atoms. The Labute approximate surface area is 97.2 Å². The van der Waals surface area contributed by atoms with Crippen molar-refractivity contribution in [1.82, 2.24) is 4.98 Å². The molecular weight excluding hydrogens is 223 g/mol. The average Bonchev–Trinajstić information content (AvgIpc) is 2.60. The lowest BCUT2D eigenvalue weighted by Crippen LogP contribution is -2.46. The van der Waals surface area contributed by atoms with E-state index in [0.717, 1.165) is 10.9 Å². The Balaban J connectivity index is 2.41. The molecule has 4 N–H and O–H groups in total. The standard InChI is InChI=1S/C12H13FN2O2/c1-12(14,11(16)17)5-7-6-15-10-4-8(13)2-3-9(7)10/h2-4,6,15H,5,14H2,1H3,(H,16,17). The minimum atomic E-state index is -1.33. The highest BCUT2D eigenvalue weighted by molar-refractivity contribution is 5.85. The Kier molecular flexibility index (Phi) is 2.63. The lowest BCUT2D eigenvalue weighted by atomic mass is 9.94. The highest BCUT2D eigenvalue weighted by atomic mass is 19.1. The number of fused-ring (bicyclic) bond motifs is 1. The van der Waals surface area contributed by atoms with Crippen LogP contribution in [0, 0.1) is 5.82 Å². The average molecular weight is 236 g/mol. The van der Waals surface area contributed by atoms with E-state index in [1.54, 1.807) is 12.3 Å². The number of nitrogens with two attached hydrogens (primary N) is 1. The van der Waals surface area contributed by atoms with Gasteiger partial charge in [-0.3, -0.25) is 4.79 Å². The van der Waals surface area contributed by atoms with Crippen molar-refractivity contribution in [3.63, 3.8) is 0 Å². The molecule has 17 heavy (non-hydrogen) atoms. The summed E-state index contributed by atoms with van der Waals surface area (Å²) < 4.78 is 13.0. The number of hydrogen-bond acceptors (Lipinski definition) is 2. The predicted molar refractivity (Wildman–Crippen MR) is 62.2 cm³/mol. The van der Waals surface area contributed by atoms with Gasteiger partial charge in [0.15, 0.2) is 0 Å². The maximum absolute atomic E-state index is 13.0. The Bertz CT molecular complexity index is 575. The number of rotatable bonds is 3. The number of carboxylic acid groups (broad SMARTS) is 1. The van der Waals surface area contributed by atoms with Gasteiger partial charge in [0.1, 0.15) is 11.4 Å². The zero-order valence-corrected chi connectivity index (χ0v) is 9.33. The van der Waals surface area contributed by atoms with Crippen LogP contribution in [0.15, 0.2) is 24.4 Å². The Morgan fingerprint density at radius 3 is 2.94 bits per heavy atom. The molecule has 4 nitrogen and oxygen atoms in total. The SMILES string of the molecule is CC(N)(Cc1c[nH]c2cc(F)ccc12)C(=O)O. The van der Waals surface area contributed by atoms with Crippen LogP contribution < -0.4 is 5.73 Å². The summed E-state index contributed by atoms with van der Waals surface area (Å²) in [6, 6.07) is 4.33. The van der Waals surface area contributed by atoms with E-state index in [0.29, 0.717) is 5.52 Å². The first-order valence-corrected chi connectivity index (χ1v) is 5.18. The topological polar surface area (TPSA) is 79.1 Å². The number of aromatic nitrogens is 1. The molecule has 1 unspecified atom stereocenters. The molecule has 0 saturated heterocycles. The predicted octanol–water partition coefficient (Wildman–Crippen LogP) is 1.65. The second-order valence-corrected chi connectivity index (χ2v) is 4.40. The molecule has 2 aromatic rings. The van der Waals surface area contributed by atoms with Crippen LogP contribution in [-0.4, -0.2) is 21.6 Å². The van der Waals surface area contributed by atoms with Gasteiger partial charge < -0.3 is 15.8 Å². The van der Waals surface area contributed by atoms with Crippen LogP contribution in [0.3, 0.4) is 0 Å². The Hall–Kier alpha value is -1.88. The van der Waals surface area contributed by atoms with Gasteiger partial charge in [0.2, 0.25) is 0 Å². The van der Waals surface area contributed by atoms with E-state index >= 15 is 0 Å². The highest BCUT2D eigenvalue weighted by Crippen LogP contribution is 2.22. The van der Waals surface area contributed by atoms with E-state index in [4.69, 9.17) is 10.8 Å². The monoisotopic (exact) mass is 236 g/mol. The maximum atomic E-state index is 13.0. The minimum absolute atomic E-state index is 0.188. The molecule has 2 rings (SSSR count). The molecule has 0 aliphatic heterocycles. The van der Waals surface area contributed by atoms with Crippen LogP contribution in [0.5, 0.6) is 0 Å². The quantitative estimate of drug-likeness (QED) is 0.758. The first kappa shape index (κ1) is 11.6. The fourth-order valence-corrected chi connectivity index (χ4v) is 1.78. The zero-order valence-electron chi connectivity index (χ0n) is 9.33. The molecule has 1 heterocycles.